The Balaban J connectivity index is 1.36. The van der Waals surface area contributed by atoms with E-state index in [-0.39, 0.29) is 22.5 Å². The molecule has 1 aromatic carbocycles. The Kier molecular flexibility index (Phi) is 4.95. The molecule has 4 aliphatic rings. The Bertz CT molecular complexity index is 994. The third kappa shape index (κ3) is 3.30. The summed E-state index contributed by atoms with van der Waals surface area (Å²) in [5, 5.41) is 0. The summed E-state index contributed by atoms with van der Waals surface area (Å²) in [4.78, 5) is 25.2. The number of hydrogen-bond acceptors (Lipinski definition) is 2. The maximum atomic E-state index is 13.3. The van der Waals surface area contributed by atoms with Crippen LogP contribution in [0.1, 0.15) is 63.5 Å². The molecule has 0 saturated heterocycles. The molecule has 0 amide bonds. The summed E-state index contributed by atoms with van der Waals surface area (Å²) < 4.78 is 0. The van der Waals surface area contributed by atoms with Crippen LogP contribution >= 0.6 is 0 Å². The Labute approximate surface area is 186 Å². The van der Waals surface area contributed by atoms with Crippen molar-refractivity contribution in [3.8, 4) is 0 Å². The largest absolute Gasteiger partial charge is 0.295 e. The average Bonchev–Trinajstić information content (AvgIpc) is 3.11. The molecule has 0 aromatic heterocycles. The van der Waals surface area contributed by atoms with E-state index in [1.165, 1.54) is 24.0 Å². The second-order valence-corrected chi connectivity index (χ2v) is 10.9. The van der Waals surface area contributed by atoms with Crippen LogP contribution in [-0.2, 0) is 9.59 Å². The lowest BCUT2D eigenvalue weighted by atomic mass is 9.47. The van der Waals surface area contributed by atoms with Gasteiger partial charge < -0.3 is 0 Å². The van der Waals surface area contributed by atoms with Gasteiger partial charge in [-0.05, 0) is 92.4 Å². The van der Waals surface area contributed by atoms with E-state index in [2.05, 4.69) is 51.1 Å². The number of ketones is 2. The highest BCUT2D eigenvalue weighted by Crippen LogP contribution is 2.66. The molecule has 0 aliphatic heterocycles. The minimum Gasteiger partial charge on any atom is -0.295 e. The van der Waals surface area contributed by atoms with E-state index < -0.39 is 0 Å². The quantitative estimate of drug-likeness (QED) is 0.529. The minimum absolute atomic E-state index is 0.0333. The fraction of sp³-hybridized carbons (Fsp3) is 0.517. The van der Waals surface area contributed by atoms with Crippen LogP contribution in [0, 0.1) is 41.4 Å². The summed E-state index contributed by atoms with van der Waals surface area (Å²) in [5.74, 6) is 2.50. The van der Waals surface area contributed by atoms with E-state index in [4.69, 9.17) is 0 Å². The van der Waals surface area contributed by atoms with E-state index >= 15 is 0 Å². The van der Waals surface area contributed by atoms with E-state index in [9.17, 15) is 9.59 Å². The maximum Gasteiger partial charge on any atom is 0.178 e. The van der Waals surface area contributed by atoms with Gasteiger partial charge in [-0.3, -0.25) is 9.59 Å². The molecular weight excluding hydrogens is 380 g/mol. The molecule has 162 valence electrons. The van der Waals surface area contributed by atoms with Crippen molar-refractivity contribution in [1.29, 1.82) is 0 Å². The first-order chi connectivity index (χ1) is 14.8. The van der Waals surface area contributed by atoms with Crippen molar-refractivity contribution in [2.24, 2.45) is 34.5 Å². The van der Waals surface area contributed by atoms with Crippen LogP contribution in [0.25, 0.3) is 6.08 Å². The van der Waals surface area contributed by atoms with Crippen molar-refractivity contribution in [3.05, 3.63) is 65.3 Å². The second kappa shape index (κ2) is 7.43. The number of aryl methyl sites for hydroxylation is 1. The molecule has 2 heteroatoms. The fourth-order valence-electron chi connectivity index (χ4n) is 7.64. The zero-order valence-electron chi connectivity index (χ0n) is 19.1. The summed E-state index contributed by atoms with van der Waals surface area (Å²) in [6, 6.07) is 8.36. The van der Waals surface area contributed by atoms with Crippen LogP contribution in [-0.4, -0.2) is 11.6 Å². The number of benzene rings is 1. The Morgan fingerprint density at radius 3 is 2.58 bits per heavy atom. The highest BCUT2D eigenvalue weighted by Gasteiger charge is 2.59. The zero-order chi connectivity index (χ0) is 21.8. The first-order valence-electron chi connectivity index (χ1n) is 12.0. The van der Waals surface area contributed by atoms with Gasteiger partial charge in [0.25, 0.3) is 0 Å². The molecule has 3 fully saturated rings. The standard InChI is InChI=1S/C29H34O2/c1-19-4-6-20(7-5-19)8-13-27(31)26-12-11-24-23-10-9-21-18-22(30)14-16-28(21,2)25(23)15-17-29(24,26)3/h4-8,13-14,16,18,23-26H,9-12,15,17H2,1-3H3/b13-8+/t23-,24-,25-,26+,28-,29-/m0/s1. The highest BCUT2D eigenvalue weighted by molar-refractivity contribution is 6.01. The SMILES string of the molecule is Cc1ccc(/C=C/C(=O)[C@H]2CC[C@H]3[C@@H]4CCC5=CC(=O)C=C[C@]5(C)[C@H]4CC[C@]23C)cc1. The molecule has 1 aromatic rings. The lowest BCUT2D eigenvalue weighted by Gasteiger charge is -2.56. The zero-order valence-corrected chi connectivity index (χ0v) is 19.1. The monoisotopic (exact) mass is 414 g/mol. The molecule has 0 unspecified atom stereocenters. The number of allylic oxidation sites excluding steroid dienone is 5. The molecule has 0 bridgehead atoms. The number of carbonyl (C=O) groups is 2. The van der Waals surface area contributed by atoms with Crippen molar-refractivity contribution in [3.63, 3.8) is 0 Å². The van der Waals surface area contributed by atoms with Crippen LogP contribution in [0.2, 0.25) is 0 Å². The summed E-state index contributed by atoms with van der Waals surface area (Å²) in [7, 11) is 0. The second-order valence-electron chi connectivity index (χ2n) is 10.9. The summed E-state index contributed by atoms with van der Waals surface area (Å²) in [6.45, 7) is 6.83. The van der Waals surface area contributed by atoms with Crippen molar-refractivity contribution in [1.82, 2.24) is 0 Å². The predicted octanol–water partition coefficient (Wildman–Crippen LogP) is 6.50. The first kappa shape index (κ1) is 20.7. The third-order valence-corrected chi connectivity index (χ3v) is 9.42. The van der Waals surface area contributed by atoms with Crippen LogP contribution < -0.4 is 0 Å². The van der Waals surface area contributed by atoms with Gasteiger partial charge >= 0.3 is 0 Å². The first-order valence-corrected chi connectivity index (χ1v) is 12.0. The van der Waals surface area contributed by atoms with Gasteiger partial charge in [-0.1, -0.05) is 61.4 Å². The summed E-state index contributed by atoms with van der Waals surface area (Å²) >= 11 is 0. The van der Waals surface area contributed by atoms with Gasteiger partial charge in [-0.15, -0.1) is 0 Å². The third-order valence-electron chi connectivity index (χ3n) is 9.42. The Morgan fingerprint density at radius 1 is 1.03 bits per heavy atom. The van der Waals surface area contributed by atoms with Crippen LogP contribution in [0.5, 0.6) is 0 Å². The molecule has 0 N–H and O–H groups in total. The molecule has 0 radical (unpaired) electrons. The maximum absolute atomic E-state index is 13.3. The van der Waals surface area contributed by atoms with Gasteiger partial charge in [-0.25, -0.2) is 0 Å². The molecule has 6 atom stereocenters. The number of rotatable bonds is 3. The molecule has 2 nitrogen and oxygen atoms in total. The number of hydrogen-bond donors (Lipinski definition) is 0. The molecule has 4 aliphatic carbocycles. The molecule has 0 heterocycles. The lowest BCUT2D eigenvalue weighted by Crippen LogP contribution is -2.50. The molecule has 0 spiro atoms. The summed E-state index contributed by atoms with van der Waals surface area (Å²) in [5.41, 5.74) is 3.83. The smallest absolute Gasteiger partial charge is 0.178 e. The van der Waals surface area contributed by atoms with E-state index in [1.807, 2.05) is 18.2 Å². The highest BCUT2D eigenvalue weighted by atomic mass is 16.1. The van der Waals surface area contributed by atoms with Crippen LogP contribution in [0.15, 0.2) is 54.1 Å². The van der Waals surface area contributed by atoms with Crippen LogP contribution in [0.3, 0.4) is 0 Å². The fourth-order valence-corrected chi connectivity index (χ4v) is 7.64. The number of fused-ring (bicyclic) bond motifs is 5. The van der Waals surface area contributed by atoms with Gasteiger partial charge in [0.05, 0.1) is 0 Å². The lowest BCUT2D eigenvalue weighted by molar-refractivity contribution is -0.124. The van der Waals surface area contributed by atoms with E-state index in [1.54, 1.807) is 6.08 Å². The molecule has 3 saturated carbocycles. The Morgan fingerprint density at radius 2 is 1.81 bits per heavy atom. The molecule has 5 rings (SSSR count). The van der Waals surface area contributed by atoms with Gasteiger partial charge in [-0.2, -0.15) is 0 Å². The van der Waals surface area contributed by atoms with Gasteiger partial charge in [0.1, 0.15) is 0 Å². The van der Waals surface area contributed by atoms with Crippen LogP contribution in [0.4, 0.5) is 0 Å². The molecular formula is C29H34O2. The van der Waals surface area contributed by atoms with E-state index in [0.29, 0.717) is 23.5 Å². The average molecular weight is 415 g/mol. The van der Waals surface area contributed by atoms with Gasteiger partial charge in [0.15, 0.2) is 11.6 Å². The minimum atomic E-state index is 0.0333. The normalized spacial score (nSPS) is 39.1. The Hall–Kier alpha value is -2.22. The summed E-state index contributed by atoms with van der Waals surface area (Å²) in [6.07, 6.45) is 16.4. The predicted molar refractivity (Wildman–Crippen MR) is 125 cm³/mol. The van der Waals surface area contributed by atoms with Gasteiger partial charge in [0.2, 0.25) is 0 Å². The number of carbonyl (C=O) groups excluding carboxylic acids is 2. The topological polar surface area (TPSA) is 34.1 Å². The van der Waals surface area contributed by atoms with E-state index in [0.717, 1.165) is 31.2 Å². The van der Waals surface area contributed by atoms with Crippen molar-refractivity contribution in [2.45, 2.75) is 59.3 Å². The van der Waals surface area contributed by atoms with Gasteiger partial charge in [0, 0.05) is 11.3 Å². The van der Waals surface area contributed by atoms with Crippen molar-refractivity contribution < 1.29 is 9.59 Å². The van der Waals surface area contributed by atoms with Crippen molar-refractivity contribution in [2.75, 3.05) is 0 Å². The van der Waals surface area contributed by atoms with Crippen molar-refractivity contribution >= 4 is 17.6 Å². The molecule has 31 heavy (non-hydrogen) atoms.